The van der Waals surface area contributed by atoms with Gasteiger partial charge in [0.2, 0.25) is 5.91 Å². The van der Waals surface area contributed by atoms with Gasteiger partial charge in [-0.3, -0.25) is 15.6 Å². The molecule has 2 rings (SSSR count). The van der Waals surface area contributed by atoms with Crippen molar-refractivity contribution in [2.75, 3.05) is 0 Å². The lowest BCUT2D eigenvalue weighted by atomic mass is 10.1. The van der Waals surface area contributed by atoms with Gasteiger partial charge < -0.3 is 5.32 Å². The molecule has 0 aromatic heterocycles. The number of benzene rings is 1. The Hall–Kier alpha value is -1.62. The molecule has 1 aliphatic rings. The zero-order valence-electron chi connectivity index (χ0n) is 12.1. The Balaban J connectivity index is 1.76. The van der Waals surface area contributed by atoms with E-state index in [2.05, 4.69) is 28.3 Å². The highest BCUT2D eigenvalue weighted by Gasteiger charge is 2.43. The van der Waals surface area contributed by atoms with E-state index >= 15 is 0 Å². The first-order valence-electron chi connectivity index (χ1n) is 6.80. The third-order valence-electron chi connectivity index (χ3n) is 3.14. The normalized spacial score (nSPS) is 20.9. The third kappa shape index (κ3) is 4.20. The van der Waals surface area contributed by atoms with Crippen LogP contribution in [0, 0.1) is 5.92 Å². The van der Waals surface area contributed by atoms with Crippen LogP contribution >= 0.6 is 12.2 Å². The van der Waals surface area contributed by atoms with Gasteiger partial charge in [-0.1, -0.05) is 30.3 Å². The molecule has 1 fully saturated rings. The molecule has 0 saturated heterocycles. The molecule has 1 amide bonds. The molecule has 3 N–H and O–H groups in total. The fourth-order valence-electron chi connectivity index (χ4n) is 2.14. The Morgan fingerprint density at radius 1 is 1.20 bits per heavy atom. The van der Waals surface area contributed by atoms with Crippen LogP contribution < -0.4 is 16.2 Å². The minimum atomic E-state index is -0.124. The zero-order chi connectivity index (χ0) is 14.8. The molecule has 1 saturated carbocycles. The molecular formula is C15H21N3OS. The fourth-order valence-corrected chi connectivity index (χ4v) is 2.49. The van der Waals surface area contributed by atoms with Gasteiger partial charge in [-0.05, 0) is 50.9 Å². The summed E-state index contributed by atoms with van der Waals surface area (Å²) in [5.41, 5.74) is 6.53. The summed E-state index contributed by atoms with van der Waals surface area (Å²) in [5, 5.41) is 3.52. The van der Waals surface area contributed by atoms with Crippen LogP contribution in [0.3, 0.4) is 0 Å². The summed E-state index contributed by atoms with van der Waals surface area (Å²) in [6, 6.07) is 10.1. The lowest BCUT2D eigenvalue weighted by molar-refractivity contribution is -0.123. The maximum absolute atomic E-state index is 12.0. The van der Waals surface area contributed by atoms with Crippen LogP contribution in [0.2, 0.25) is 0 Å². The van der Waals surface area contributed by atoms with Gasteiger partial charge in [0.1, 0.15) is 0 Å². The quantitative estimate of drug-likeness (QED) is 0.577. The van der Waals surface area contributed by atoms with Crippen LogP contribution in [0.1, 0.15) is 38.7 Å². The molecule has 20 heavy (non-hydrogen) atoms. The molecule has 0 bridgehead atoms. The van der Waals surface area contributed by atoms with Gasteiger partial charge in [-0.25, -0.2) is 0 Å². The van der Waals surface area contributed by atoms with E-state index in [0.29, 0.717) is 11.0 Å². The second kappa shape index (κ2) is 5.79. The number of hydrogen-bond donors (Lipinski definition) is 3. The molecule has 108 valence electrons. The van der Waals surface area contributed by atoms with Crippen molar-refractivity contribution in [1.82, 2.24) is 16.2 Å². The summed E-state index contributed by atoms with van der Waals surface area (Å²) in [7, 11) is 0. The van der Waals surface area contributed by atoms with Gasteiger partial charge in [-0.15, -0.1) is 0 Å². The molecule has 0 heterocycles. The first-order valence-corrected chi connectivity index (χ1v) is 7.20. The highest BCUT2D eigenvalue weighted by Crippen LogP contribution is 2.47. The minimum Gasteiger partial charge on any atom is -0.357 e. The van der Waals surface area contributed by atoms with Crippen molar-refractivity contribution in [3.05, 3.63) is 35.9 Å². The Bertz CT molecular complexity index is 496. The maximum atomic E-state index is 12.0. The van der Waals surface area contributed by atoms with Crippen LogP contribution in [-0.2, 0) is 4.79 Å². The average Bonchev–Trinajstić information content (AvgIpc) is 3.15. The molecule has 2 atom stereocenters. The predicted molar refractivity (Wildman–Crippen MR) is 84.1 cm³/mol. The molecule has 1 aromatic rings. The first kappa shape index (κ1) is 14.8. The largest absolute Gasteiger partial charge is 0.357 e. The predicted octanol–water partition coefficient (Wildman–Crippen LogP) is 2.08. The van der Waals surface area contributed by atoms with E-state index < -0.39 is 0 Å². The van der Waals surface area contributed by atoms with Crippen LogP contribution in [-0.4, -0.2) is 16.6 Å². The molecule has 5 heteroatoms. The van der Waals surface area contributed by atoms with Crippen molar-refractivity contribution in [3.63, 3.8) is 0 Å². The van der Waals surface area contributed by atoms with Crippen LogP contribution in [0.4, 0.5) is 0 Å². The average molecular weight is 291 g/mol. The smallest absolute Gasteiger partial charge is 0.242 e. The summed E-state index contributed by atoms with van der Waals surface area (Å²) in [6.45, 7) is 6.03. The second-order valence-electron chi connectivity index (χ2n) is 6.18. The molecule has 1 aliphatic carbocycles. The number of amides is 1. The summed E-state index contributed by atoms with van der Waals surface area (Å²) in [4.78, 5) is 12.0. The minimum absolute atomic E-state index is 0.00286. The topological polar surface area (TPSA) is 53.2 Å². The van der Waals surface area contributed by atoms with Crippen LogP contribution in [0.25, 0.3) is 0 Å². The number of carbonyl (C=O) groups excluding carboxylic acids is 1. The first-order chi connectivity index (χ1) is 9.37. The van der Waals surface area contributed by atoms with Crippen LogP contribution in [0.5, 0.6) is 0 Å². The van der Waals surface area contributed by atoms with Gasteiger partial charge in [0, 0.05) is 11.5 Å². The van der Waals surface area contributed by atoms with Gasteiger partial charge in [0.05, 0.1) is 0 Å². The zero-order valence-corrected chi connectivity index (χ0v) is 12.9. The van der Waals surface area contributed by atoms with E-state index in [1.165, 1.54) is 5.56 Å². The van der Waals surface area contributed by atoms with E-state index in [9.17, 15) is 4.79 Å². The lowest BCUT2D eigenvalue weighted by Crippen LogP contribution is -2.52. The number of nitrogens with one attached hydrogen (secondary N) is 3. The van der Waals surface area contributed by atoms with E-state index in [-0.39, 0.29) is 17.4 Å². The van der Waals surface area contributed by atoms with E-state index in [1.54, 1.807) is 0 Å². The fraction of sp³-hybridized carbons (Fsp3) is 0.467. The molecule has 0 unspecified atom stereocenters. The summed E-state index contributed by atoms with van der Waals surface area (Å²) >= 11 is 5.11. The number of hydrogen-bond acceptors (Lipinski definition) is 2. The van der Waals surface area contributed by atoms with Crippen molar-refractivity contribution in [2.45, 2.75) is 38.6 Å². The van der Waals surface area contributed by atoms with Crippen molar-refractivity contribution in [3.8, 4) is 0 Å². The molecular weight excluding hydrogens is 270 g/mol. The molecule has 0 radical (unpaired) electrons. The van der Waals surface area contributed by atoms with Crippen LogP contribution in [0.15, 0.2) is 30.3 Å². The van der Waals surface area contributed by atoms with Crippen molar-refractivity contribution in [2.24, 2.45) is 5.92 Å². The molecule has 4 nitrogen and oxygen atoms in total. The van der Waals surface area contributed by atoms with Crippen molar-refractivity contribution in [1.29, 1.82) is 0 Å². The Morgan fingerprint density at radius 2 is 1.85 bits per heavy atom. The van der Waals surface area contributed by atoms with E-state index in [1.807, 2.05) is 39.0 Å². The Kier molecular flexibility index (Phi) is 4.28. The number of hydrazine groups is 1. The molecule has 1 aromatic carbocycles. The SMILES string of the molecule is CC(C)(C)NC(=S)NNC(=O)[C@@H]1C[C@H]1c1ccccc1. The number of carbonyl (C=O) groups is 1. The highest BCUT2D eigenvalue weighted by atomic mass is 32.1. The van der Waals surface area contributed by atoms with Gasteiger partial charge in [0.25, 0.3) is 0 Å². The van der Waals surface area contributed by atoms with E-state index in [0.717, 1.165) is 6.42 Å². The molecule has 0 spiro atoms. The van der Waals surface area contributed by atoms with Gasteiger partial charge >= 0.3 is 0 Å². The molecule has 0 aliphatic heterocycles. The Morgan fingerprint density at radius 3 is 2.45 bits per heavy atom. The van der Waals surface area contributed by atoms with Crippen molar-refractivity contribution >= 4 is 23.2 Å². The van der Waals surface area contributed by atoms with Crippen molar-refractivity contribution < 1.29 is 4.79 Å². The maximum Gasteiger partial charge on any atom is 0.242 e. The summed E-state index contributed by atoms with van der Waals surface area (Å²) in [6.07, 6.45) is 0.900. The van der Waals surface area contributed by atoms with Gasteiger partial charge in [-0.2, -0.15) is 0 Å². The Labute approximate surface area is 125 Å². The van der Waals surface area contributed by atoms with E-state index in [4.69, 9.17) is 12.2 Å². The second-order valence-corrected chi connectivity index (χ2v) is 6.59. The van der Waals surface area contributed by atoms with Gasteiger partial charge in [0.15, 0.2) is 5.11 Å². The standard InChI is InChI=1S/C15H21N3OS/c1-15(2,3)16-14(20)18-17-13(19)12-9-11(12)10-7-5-4-6-8-10/h4-8,11-12H,9H2,1-3H3,(H,17,19)(H2,16,18,20)/t11-,12+/m0/s1. The lowest BCUT2D eigenvalue weighted by Gasteiger charge is -2.23. The monoisotopic (exact) mass is 291 g/mol. The third-order valence-corrected chi connectivity index (χ3v) is 3.35. The summed E-state index contributed by atoms with van der Waals surface area (Å²) in [5.74, 6) is 0.376. The highest BCUT2D eigenvalue weighted by molar-refractivity contribution is 7.80. The summed E-state index contributed by atoms with van der Waals surface area (Å²) < 4.78 is 0. The number of rotatable bonds is 2. The number of thiocarbonyl (C=S) groups is 1.